The molecule has 0 saturated carbocycles. The molecule has 3 heteroatoms. The van der Waals surface area contributed by atoms with Crippen LogP contribution in [-0.2, 0) is 4.79 Å². The number of aliphatic hydroxyl groups is 1. The highest BCUT2D eigenvalue weighted by molar-refractivity contribution is 5.87. The van der Waals surface area contributed by atoms with Crippen molar-refractivity contribution in [3.8, 4) is 0 Å². The van der Waals surface area contributed by atoms with Crippen molar-refractivity contribution in [1.29, 1.82) is 0 Å². The Bertz CT molecular complexity index is 231. The number of hydrogen-bond donors (Lipinski definition) is 1. The van der Waals surface area contributed by atoms with Gasteiger partial charge in [-0.25, -0.2) is 0 Å². The second-order valence-electron chi connectivity index (χ2n) is 2.68. The number of carbonyl (C=O) groups is 1. The maximum Gasteiger partial charge on any atom is 0.246 e. The third kappa shape index (κ3) is 5.32. The van der Waals surface area contributed by atoms with Crippen LogP contribution in [0.25, 0.3) is 0 Å². The quantitative estimate of drug-likeness (QED) is 0.392. The molecule has 3 nitrogen and oxygen atoms in total. The molecule has 0 unspecified atom stereocenters. The first-order chi connectivity index (χ1) is 6.76. The monoisotopic (exact) mass is 195 g/mol. The molecule has 0 bridgehead atoms. The van der Waals surface area contributed by atoms with Gasteiger partial charge in [-0.3, -0.25) is 4.79 Å². The fourth-order valence-corrected chi connectivity index (χ4v) is 0.922. The van der Waals surface area contributed by atoms with Gasteiger partial charge in [0.1, 0.15) is 0 Å². The molecule has 1 N–H and O–H groups in total. The van der Waals surface area contributed by atoms with Crippen LogP contribution in [0.3, 0.4) is 0 Å². The SMILES string of the molecule is C=CCN(CCO)C(=O)C=CC=CC. The van der Waals surface area contributed by atoms with Gasteiger partial charge in [0.2, 0.25) is 5.91 Å². The van der Waals surface area contributed by atoms with Gasteiger partial charge in [-0.15, -0.1) is 6.58 Å². The van der Waals surface area contributed by atoms with E-state index in [0.717, 1.165) is 0 Å². The molecule has 1 amide bonds. The lowest BCUT2D eigenvalue weighted by atomic mass is 10.3. The molecule has 0 aliphatic heterocycles. The van der Waals surface area contributed by atoms with E-state index in [1.807, 2.05) is 13.0 Å². The number of aliphatic hydroxyl groups excluding tert-OH is 1. The zero-order valence-corrected chi connectivity index (χ0v) is 8.52. The van der Waals surface area contributed by atoms with Crippen molar-refractivity contribution in [2.45, 2.75) is 6.92 Å². The van der Waals surface area contributed by atoms with Crippen molar-refractivity contribution in [1.82, 2.24) is 4.90 Å². The van der Waals surface area contributed by atoms with E-state index in [2.05, 4.69) is 6.58 Å². The van der Waals surface area contributed by atoms with Gasteiger partial charge in [0.15, 0.2) is 0 Å². The fraction of sp³-hybridized carbons (Fsp3) is 0.364. The van der Waals surface area contributed by atoms with Crippen LogP contribution < -0.4 is 0 Å². The van der Waals surface area contributed by atoms with E-state index in [0.29, 0.717) is 13.1 Å². The van der Waals surface area contributed by atoms with Crippen LogP contribution in [-0.4, -0.2) is 35.6 Å². The normalized spacial score (nSPS) is 11.0. The highest BCUT2D eigenvalue weighted by atomic mass is 16.3. The second kappa shape index (κ2) is 8.26. The van der Waals surface area contributed by atoms with Crippen molar-refractivity contribution in [2.75, 3.05) is 19.7 Å². The second-order valence-corrected chi connectivity index (χ2v) is 2.68. The lowest BCUT2D eigenvalue weighted by molar-refractivity contribution is -0.126. The van der Waals surface area contributed by atoms with Crippen molar-refractivity contribution >= 4 is 5.91 Å². The summed E-state index contributed by atoms with van der Waals surface area (Å²) >= 11 is 0. The Labute approximate surface area is 85.0 Å². The fourth-order valence-electron chi connectivity index (χ4n) is 0.922. The van der Waals surface area contributed by atoms with Gasteiger partial charge >= 0.3 is 0 Å². The number of carbonyl (C=O) groups excluding carboxylic acids is 1. The first-order valence-electron chi connectivity index (χ1n) is 4.56. The topological polar surface area (TPSA) is 40.5 Å². The summed E-state index contributed by atoms with van der Waals surface area (Å²) in [5.41, 5.74) is 0. The number of hydrogen-bond acceptors (Lipinski definition) is 2. The summed E-state index contributed by atoms with van der Waals surface area (Å²) in [7, 11) is 0. The average Bonchev–Trinajstić information content (AvgIpc) is 2.18. The predicted octanol–water partition coefficient (Wildman–Crippen LogP) is 1.13. The van der Waals surface area contributed by atoms with Crippen LogP contribution in [0.5, 0.6) is 0 Å². The van der Waals surface area contributed by atoms with Gasteiger partial charge in [-0.1, -0.05) is 24.3 Å². The van der Waals surface area contributed by atoms with E-state index in [-0.39, 0.29) is 12.5 Å². The van der Waals surface area contributed by atoms with Crippen LogP contribution in [0.2, 0.25) is 0 Å². The van der Waals surface area contributed by atoms with Crippen LogP contribution in [0, 0.1) is 0 Å². The molecule has 0 fully saturated rings. The Hall–Kier alpha value is -1.35. The van der Waals surface area contributed by atoms with E-state index in [1.165, 1.54) is 11.0 Å². The van der Waals surface area contributed by atoms with Gasteiger partial charge in [-0.05, 0) is 6.92 Å². The third-order valence-corrected chi connectivity index (χ3v) is 1.57. The minimum atomic E-state index is -0.114. The van der Waals surface area contributed by atoms with Gasteiger partial charge in [0.05, 0.1) is 6.61 Å². The highest BCUT2D eigenvalue weighted by Gasteiger charge is 2.06. The molecule has 0 rings (SSSR count). The van der Waals surface area contributed by atoms with Crippen molar-refractivity contribution in [3.05, 3.63) is 37.0 Å². The lowest BCUT2D eigenvalue weighted by Gasteiger charge is -2.17. The summed E-state index contributed by atoms with van der Waals surface area (Å²) in [6.07, 6.45) is 8.41. The minimum absolute atomic E-state index is 0.0307. The molecule has 78 valence electrons. The molecule has 0 radical (unpaired) electrons. The van der Waals surface area contributed by atoms with E-state index in [9.17, 15) is 4.79 Å². The molecular formula is C11H17NO2. The highest BCUT2D eigenvalue weighted by Crippen LogP contribution is 1.92. The first-order valence-corrected chi connectivity index (χ1v) is 4.56. The van der Waals surface area contributed by atoms with Gasteiger partial charge < -0.3 is 10.0 Å². The van der Waals surface area contributed by atoms with Crippen LogP contribution in [0.4, 0.5) is 0 Å². The Balaban J connectivity index is 4.19. The summed E-state index contributed by atoms with van der Waals surface area (Å²) in [5.74, 6) is -0.114. The summed E-state index contributed by atoms with van der Waals surface area (Å²) in [5, 5.41) is 8.72. The van der Waals surface area contributed by atoms with Crippen molar-refractivity contribution in [2.24, 2.45) is 0 Å². The number of nitrogens with zero attached hydrogens (tertiary/aromatic N) is 1. The smallest absolute Gasteiger partial charge is 0.246 e. The molecule has 0 aromatic carbocycles. The molecule has 0 aromatic heterocycles. The molecule has 0 saturated heterocycles. The summed E-state index contributed by atoms with van der Waals surface area (Å²) in [6.45, 7) is 6.19. The van der Waals surface area contributed by atoms with Crippen molar-refractivity contribution in [3.63, 3.8) is 0 Å². The average molecular weight is 195 g/mol. The van der Waals surface area contributed by atoms with Crippen LogP contribution in [0.1, 0.15) is 6.92 Å². The molecule has 0 aliphatic carbocycles. The van der Waals surface area contributed by atoms with E-state index in [4.69, 9.17) is 5.11 Å². The molecular weight excluding hydrogens is 178 g/mol. The largest absolute Gasteiger partial charge is 0.395 e. The Kier molecular flexibility index (Phi) is 7.46. The zero-order chi connectivity index (χ0) is 10.8. The van der Waals surface area contributed by atoms with E-state index < -0.39 is 0 Å². The van der Waals surface area contributed by atoms with Crippen LogP contribution in [0.15, 0.2) is 37.0 Å². The maximum atomic E-state index is 11.4. The summed E-state index contributed by atoms with van der Waals surface area (Å²) in [6, 6.07) is 0. The lowest BCUT2D eigenvalue weighted by Crippen LogP contribution is -2.32. The molecule has 0 aliphatic rings. The minimum Gasteiger partial charge on any atom is -0.395 e. The molecule has 0 atom stereocenters. The predicted molar refractivity (Wildman–Crippen MR) is 57.8 cm³/mol. The molecule has 0 spiro atoms. The summed E-state index contributed by atoms with van der Waals surface area (Å²) in [4.78, 5) is 13.0. The third-order valence-electron chi connectivity index (χ3n) is 1.57. The molecule has 0 heterocycles. The Morgan fingerprint density at radius 2 is 2.21 bits per heavy atom. The number of allylic oxidation sites excluding steroid dienone is 3. The maximum absolute atomic E-state index is 11.4. The molecule has 0 aromatic rings. The summed E-state index contributed by atoms with van der Waals surface area (Å²) < 4.78 is 0. The van der Waals surface area contributed by atoms with Gasteiger partial charge in [-0.2, -0.15) is 0 Å². The van der Waals surface area contributed by atoms with E-state index in [1.54, 1.807) is 18.2 Å². The Morgan fingerprint density at radius 1 is 1.50 bits per heavy atom. The van der Waals surface area contributed by atoms with Crippen LogP contribution >= 0.6 is 0 Å². The first kappa shape index (κ1) is 12.7. The van der Waals surface area contributed by atoms with Gasteiger partial charge in [0.25, 0.3) is 0 Å². The molecule has 14 heavy (non-hydrogen) atoms. The van der Waals surface area contributed by atoms with Gasteiger partial charge in [0, 0.05) is 19.2 Å². The Morgan fingerprint density at radius 3 is 2.71 bits per heavy atom. The zero-order valence-electron chi connectivity index (χ0n) is 8.52. The van der Waals surface area contributed by atoms with Crippen molar-refractivity contribution < 1.29 is 9.90 Å². The van der Waals surface area contributed by atoms with E-state index >= 15 is 0 Å². The standard InChI is InChI=1S/C11H17NO2/c1-3-5-6-7-11(14)12(8-4-2)9-10-13/h3-7,13H,2,8-10H2,1H3. The number of rotatable bonds is 6. The number of amides is 1.